The monoisotopic (exact) mass is 763 g/mol. The van der Waals surface area contributed by atoms with Crippen LogP contribution in [0.5, 0.6) is 11.5 Å². The van der Waals surface area contributed by atoms with Crippen LogP contribution in [0.1, 0.15) is 94.0 Å². The number of H-pyrrole nitrogens is 1. The largest absolute Gasteiger partial charge is 0.504 e. The first-order valence-electron chi connectivity index (χ1n) is 20.0. The Bertz CT molecular complexity index is 2090. The van der Waals surface area contributed by atoms with Gasteiger partial charge in [0.2, 0.25) is 0 Å². The number of methoxy groups -OCH3 is 1. The number of carbonyl (C=O) groups is 3. The predicted octanol–water partition coefficient (Wildman–Crippen LogP) is 7.43. The molecule has 0 fully saturated rings. The first-order valence-corrected chi connectivity index (χ1v) is 20.0. The van der Waals surface area contributed by atoms with Gasteiger partial charge in [-0.1, -0.05) is 31.6 Å². The lowest BCUT2D eigenvalue weighted by Crippen LogP contribution is -2.35. The van der Waals surface area contributed by atoms with Gasteiger partial charge in [-0.3, -0.25) is 14.4 Å². The van der Waals surface area contributed by atoms with Gasteiger partial charge in [-0.2, -0.15) is 0 Å². The van der Waals surface area contributed by atoms with Crippen molar-refractivity contribution in [3.63, 3.8) is 0 Å². The lowest BCUT2D eigenvalue weighted by Gasteiger charge is -2.30. The number of dihydropyridines is 1. The second kappa shape index (κ2) is 18.6. The van der Waals surface area contributed by atoms with Crippen LogP contribution in [-0.4, -0.2) is 65.5 Å². The van der Waals surface area contributed by atoms with Crippen LogP contribution in [0.4, 0.5) is 5.69 Å². The Morgan fingerprint density at radius 3 is 2.61 bits per heavy atom. The molecular formula is C45H57N5O6. The third kappa shape index (κ3) is 9.74. The molecule has 4 aromatic rings. The Kier molecular flexibility index (Phi) is 13.4. The van der Waals surface area contributed by atoms with E-state index >= 15 is 0 Å². The number of ether oxygens (including phenoxy) is 2. The van der Waals surface area contributed by atoms with Gasteiger partial charge in [0, 0.05) is 86.9 Å². The molecule has 4 N–H and O–H groups in total. The summed E-state index contributed by atoms with van der Waals surface area (Å²) in [7, 11) is 3.33. The van der Waals surface area contributed by atoms with Gasteiger partial charge in [-0.25, -0.2) is 0 Å². The number of nitrogens with zero attached hydrogens (tertiary/aromatic N) is 2. The zero-order valence-corrected chi connectivity index (χ0v) is 33.5. The predicted molar refractivity (Wildman–Crippen MR) is 220 cm³/mol. The molecule has 56 heavy (non-hydrogen) atoms. The fourth-order valence-electron chi connectivity index (χ4n) is 8.21. The number of rotatable bonds is 9. The summed E-state index contributed by atoms with van der Waals surface area (Å²) in [6.07, 6.45) is 17.9. The number of carbonyl (C=O) groups excluding carboxylic acids is 3. The van der Waals surface area contributed by atoms with E-state index in [0.29, 0.717) is 49.7 Å². The van der Waals surface area contributed by atoms with Crippen LogP contribution in [0.2, 0.25) is 0 Å². The van der Waals surface area contributed by atoms with Crippen molar-refractivity contribution in [3.8, 4) is 11.5 Å². The number of hydrogen-bond donors (Lipinski definition) is 4. The quantitative estimate of drug-likeness (QED) is 0.128. The fraction of sp³-hybridized carbons (Fsp3) is 0.444. The van der Waals surface area contributed by atoms with Gasteiger partial charge in [-0.05, 0) is 98.5 Å². The molecule has 0 amide bonds. The van der Waals surface area contributed by atoms with Crippen LogP contribution in [-0.2, 0) is 38.5 Å². The molecule has 2 aromatic carbocycles. The third-order valence-corrected chi connectivity index (χ3v) is 11.2. The summed E-state index contributed by atoms with van der Waals surface area (Å²) in [5.41, 5.74) is 6.23. The van der Waals surface area contributed by atoms with Gasteiger partial charge in [-0.15, -0.1) is 0 Å². The van der Waals surface area contributed by atoms with Crippen LogP contribution in [0, 0.1) is 5.92 Å². The molecule has 3 atom stereocenters. The van der Waals surface area contributed by atoms with Crippen molar-refractivity contribution in [2.75, 3.05) is 32.1 Å². The maximum atomic E-state index is 14.3. The third-order valence-electron chi connectivity index (χ3n) is 11.2. The molecule has 0 spiro atoms. The molecule has 4 heterocycles. The summed E-state index contributed by atoms with van der Waals surface area (Å²) in [6.45, 7) is 6.79. The van der Waals surface area contributed by atoms with Crippen molar-refractivity contribution in [2.45, 2.75) is 97.2 Å². The van der Waals surface area contributed by atoms with Crippen LogP contribution in [0.3, 0.4) is 0 Å². The molecule has 298 valence electrons. The number of anilines is 1. The molecule has 2 aliphatic heterocycles. The number of phenolic OH excluding ortho intramolecular Hbond substituents is 1. The van der Waals surface area contributed by atoms with Gasteiger partial charge in [0.05, 0.1) is 18.8 Å². The number of nitrogens with one attached hydrogen (secondary N) is 3. The summed E-state index contributed by atoms with van der Waals surface area (Å²) < 4.78 is 13.5. The molecule has 2 aromatic heterocycles. The van der Waals surface area contributed by atoms with Crippen LogP contribution < -0.4 is 20.3 Å². The fourth-order valence-corrected chi connectivity index (χ4v) is 8.21. The van der Waals surface area contributed by atoms with Crippen molar-refractivity contribution in [3.05, 3.63) is 101 Å². The number of Topliss-reactive ketones (excluding diaryl/α,β-unsaturated/α-hetero) is 2. The van der Waals surface area contributed by atoms with Crippen molar-refractivity contribution in [2.24, 2.45) is 5.92 Å². The van der Waals surface area contributed by atoms with Crippen molar-refractivity contribution in [1.29, 1.82) is 0 Å². The number of aromatic nitrogens is 2. The summed E-state index contributed by atoms with van der Waals surface area (Å²) >= 11 is 0. The molecule has 11 heteroatoms. The van der Waals surface area contributed by atoms with E-state index in [2.05, 4.69) is 81.1 Å². The van der Waals surface area contributed by atoms with E-state index in [1.165, 1.54) is 30.7 Å². The lowest BCUT2D eigenvalue weighted by molar-refractivity contribution is -0.148. The van der Waals surface area contributed by atoms with E-state index in [0.717, 1.165) is 59.9 Å². The molecule has 4 bridgehead atoms. The Balaban J connectivity index is 1.49. The maximum Gasteiger partial charge on any atom is 0.302 e. The number of aryl methyl sites for hydroxylation is 1. The van der Waals surface area contributed by atoms with Crippen molar-refractivity contribution < 1.29 is 29.0 Å². The smallest absolute Gasteiger partial charge is 0.302 e. The molecule has 0 aliphatic carbocycles. The molecule has 0 saturated heterocycles. The first kappa shape index (κ1) is 40.4. The van der Waals surface area contributed by atoms with E-state index in [4.69, 9.17) is 9.47 Å². The summed E-state index contributed by atoms with van der Waals surface area (Å²) in [4.78, 5) is 44.6. The Hall–Kier alpha value is -5.29. The molecule has 11 nitrogen and oxygen atoms in total. The Morgan fingerprint density at radius 2 is 1.86 bits per heavy atom. The molecular weight excluding hydrogens is 707 g/mol. The Labute approximate surface area is 330 Å². The van der Waals surface area contributed by atoms with E-state index in [1.807, 2.05) is 19.2 Å². The highest BCUT2D eigenvalue weighted by atomic mass is 16.5. The topological polar surface area (TPSA) is 138 Å². The minimum Gasteiger partial charge on any atom is -0.504 e. The second-order valence-electron chi connectivity index (χ2n) is 15.3. The van der Waals surface area contributed by atoms with Gasteiger partial charge in [0.15, 0.2) is 11.5 Å². The van der Waals surface area contributed by atoms with Gasteiger partial charge >= 0.3 is 5.97 Å². The summed E-state index contributed by atoms with van der Waals surface area (Å²) in [5, 5.41) is 19.7. The standard InChI is InChI=1S/C45H57N5O6/c1-6-31-11-13-39(56-30(3)52)22-38(53)23-42(35-20-37(24-46-4)45(54)43(21-35)55-5)49-27-34-8-7-9-41(40(34)28-49)50(17-15-29(2)51)44-19-32(14-16-48-44)10-12-33-25-47-26-36(33)18-31/h7-9,14,19-21,25-28,31,39,42,46-48,54H,6,10-13,15-18,22-24H2,1-5H3. The van der Waals surface area contributed by atoms with Gasteiger partial charge < -0.3 is 39.7 Å². The number of allylic oxidation sites excluding steroid dienone is 2. The van der Waals surface area contributed by atoms with Gasteiger partial charge in [0.25, 0.3) is 0 Å². The number of phenols is 1. The van der Waals surface area contributed by atoms with E-state index in [9.17, 15) is 19.5 Å². The SMILES string of the molecule is CCC1CCC(OC(C)=O)CC(=O)CC(c2cc(CNC)c(O)c(OC)c2)n2cc3cccc(c3c2)N(CCC(C)=O)C2=CC(=CCN2)CCc2c[nH]cc2C1. The molecule has 0 saturated carbocycles. The highest BCUT2D eigenvalue weighted by Gasteiger charge is 2.27. The highest BCUT2D eigenvalue weighted by Crippen LogP contribution is 2.39. The normalized spacial score (nSPS) is 19.7. The lowest BCUT2D eigenvalue weighted by atomic mass is 9.89. The molecule has 3 unspecified atom stereocenters. The molecule has 2 aliphatic rings. The van der Waals surface area contributed by atoms with Crippen molar-refractivity contribution >= 4 is 34.0 Å². The average molecular weight is 764 g/mol. The second-order valence-corrected chi connectivity index (χ2v) is 15.3. The number of fused-ring (bicyclic) bond motifs is 3. The van der Waals surface area contributed by atoms with Gasteiger partial charge in [0.1, 0.15) is 23.5 Å². The minimum absolute atomic E-state index is 0.0349. The van der Waals surface area contributed by atoms with Crippen LogP contribution in [0.15, 0.2) is 78.7 Å². The van der Waals surface area contributed by atoms with Crippen molar-refractivity contribution in [1.82, 2.24) is 20.2 Å². The molecule has 0 radical (unpaired) electrons. The summed E-state index contributed by atoms with van der Waals surface area (Å²) in [6, 6.07) is 9.42. The number of hydrogen-bond acceptors (Lipinski definition) is 9. The number of aromatic hydroxyl groups is 1. The van der Waals surface area contributed by atoms with Crippen LogP contribution in [0.25, 0.3) is 10.8 Å². The highest BCUT2D eigenvalue weighted by molar-refractivity contribution is 5.95. The number of benzene rings is 2. The van der Waals surface area contributed by atoms with Crippen LogP contribution >= 0.6 is 0 Å². The van der Waals surface area contributed by atoms with E-state index in [-0.39, 0.29) is 30.2 Å². The first-order chi connectivity index (χ1) is 27.1. The Morgan fingerprint density at radius 1 is 1.04 bits per heavy atom. The zero-order valence-electron chi connectivity index (χ0n) is 33.5. The summed E-state index contributed by atoms with van der Waals surface area (Å²) in [5.74, 6) is 1.35. The molecule has 6 rings (SSSR count). The van der Waals surface area contributed by atoms with E-state index < -0.39 is 18.1 Å². The minimum atomic E-state index is -0.541. The van der Waals surface area contributed by atoms with E-state index in [1.54, 1.807) is 13.0 Å². The number of aromatic amines is 1. The maximum absolute atomic E-state index is 14.3. The number of esters is 1. The number of ketones is 2. The average Bonchev–Trinajstić information content (AvgIpc) is 3.82. The zero-order chi connectivity index (χ0) is 39.8.